The Morgan fingerprint density at radius 2 is 2.27 bits per heavy atom. The molecule has 4 nitrogen and oxygen atoms in total. The smallest absolute Gasteiger partial charge is 0.352 e. The summed E-state index contributed by atoms with van der Waals surface area (Å²) in [7, 11) is 0. The van der Waals surface area contributed by atoms with Crippen molar-refractivity contribution in [3.05, 3.63) is 12.7 Å². The van der Waals surface area contributed by atoms with Crippen molar-refractivity contribution in [1.82, 2.24) is 0 Å². The lowest BCUT2D eigenvalue weighted by atomic mass is 9.89. The van der Waals surface area contributed by atoms with Gasteiger partial charge in [0.05, 0.1) is 0 Å². The van der Waals surface area contributed by atoms with Gasteiger partial charge in [-0.3, -0.25) is 0 Å². The Labute approximate surface area is 88.2 Å². The molecule has 0 aromatic heterocycles. The van der Waals surface area contributed by atoms with Crippen molar-refractivity contribution in [2.45, 2.75) is 37.9 Å². The topological polar surface area (TPSA) is 52.6 Å². The van der Waals surface area contributed by atoms with Crippen molar-refractivity contribution >= 4 is 11.9 Å². The third kappa shape index (κ3) is 1.35. The molecule has 0 radical (unpaired) electrons. The van der Waals surface area contributed by atoms with Crippen molar-refractivity contribution in [2.75, 3.05) is 0 Å². The minimum Gasteiger partial charge on any atom is -0.448 e. The van der Waals surface area contributed by atoms with Gasteiger partial charge in [-0.1, -0.05) is 6.08 Å². The molecule has 3 atom stereocenters. The van der Waals surface area contributed by atoms with Crippen LogP contribution in [0.2, 0.25) is 0 Å². The van der Waals surface area contributed by atoms with E-state index in [1.807, 2.05) is 0 Å². The third-order valence-corrected chi connectivity index (χ3v) is 3.19. The predicted molar refractivity (Wildman–Crippen MR) is 51.9 cm³/mol. The summed E-state index contributed by atoms with van der Waals surface area (Å²) in [5, 5.41) is 0. The molecule has 1 saturated heterocycles. The Morgan fingerprint density at radius 3 is 2.93 bits per heavy atom. The minimum atomic E-state index is -1.08. The number of hydrogen-bond acceptors (Lipinski definition) is 4. The van der Waals surface area contributed by atoms with Gasteiger partial charge in [0, 0.05) is 5.92 Å². The molecule has 1 heterocycles. The normalized spacial score (nSPS) is 40.1. The highest BCUT2D eigenvalue weighted by atomic mass is 16.7. The fourth-order valence-corrected chi connectivity index (χ4v) is 2.30. The number of esters is 2. The molecule has 1 saturated carbocycles. The van der Waals surface area contributed by atoms with E-state index in [0.717, 1.165) is 12.8 Å². The maximum absolute atomic E-state index is 11.8. The van der Waals surface area contributed by atoms with E-state index in [-0.39, 0.29) is 5.92 Å². The highest BCUT2D eigenvalue weighted by Gasteiger charge is 2.56. The Balaban J connectivity index is 2.30. The van der Waals surface area contributed by atoms with E-state index in [0.29, 0.717) is 6.42 Å². The van der Waals surface area contributed by atoms with Crippen LogP contribution in [0.4, 0.5) is 0 Å². The molecular formula is C11H14O4. The van der Waals surface area contributed by atoms with Crippen LogP contribution in [0.5, 0.6) is 0 Å². The molecule has 0 aromatic rings. The fourth-order valence-electron chi connectivity index (χ4n) is 2.30. The van der Waals surface area contributed by atoms with Crippen LogP contribution in [0.3, 0.4) is 0 Å². The largest absolute Gasteiger partial charge is 0.448 e. The number of ether oxygens (including phenoxy) is 2. The lowest BCUT2D eigenvalue weighted by molar-refractivity contribution is -0.212. The molecule has 1 spiro atoms. The summed E-state index contributed by atoms with van der Waals surface area (Å²) in [6.07, 6.45) is 3.11. The van der Waals surface area contributed by atoms with Crippen LogP contribution in [0, 0.1) is 5.92 Å². The van der Waals surface area contributed by atoms with E-state index < -0.39 is 23.6 Å². The first-order chi connectivity index (χ1) is 7.10. The Morgan fingerprint density at radius 1 is 1.53 bits per heavy atom. The SMILES string of the molecule is C=CC1CCCC12OC(=O)C(C)OC2=O. The molecular weight excluding hydrogens is 196 g/mol. The van der Waals surface area contributed by atoms with Gasteiger partial charge in [0.2, 0.25) is 5.60 Å². The zero-order valence-electron chi connectivity index (χ0n) is 8.69. The number of carbonyl (C=O) groups is 2. The molecule has 0 bridgehead atoms. The van der Waals surface area contributed by atoms with E-state index in [1.54, 1.807) is 6.08 Å². The lowest BCUT2D eigenvalue weighted by Gasteiger charge is -2.36. The van der Waals surface area contributed by atoms with Crippen molar-refractivity contribution in [1.29, 1.82) is 0 Å². The van der Waals surface area contributed by atoms with Gasteiger partial charge in [-0.25, -0.2) is 9.59 Å². The second-order valence-corrected chi connectivity index (χ2v) is 4.09. The number of carbonyl (C=O) groups excluding carboxylic acids is 2. The summed E-state index contributed by atoms with van der Waals surface area (Å²) < 4.78 is 10.3. The highest BCUT2D eigenvalue weighted by molar-refractivity contribution is 5.91. The average Bonchev–Trinajstić information content (AvgIpc) is 2.59. The molecule has 0 N–H and O–H groups in total. The van der Waals surface area contributed by atoms with E-state index in [9.17, 15) is 9.59 Å². The zero-order valence-corrected chi connectivity index (χ0v) is 8.69. The van der Waals surface area contributed by atoms with Crippen molar-refractivity contribution < 1.29 is 19.1 Å². The van der Waals surface area contributed by atoms with E-state index >= 15 is 0 Å². The van der Waals surface area contributed by atoms with E-state index in [4.69, 9.17) is 9.47 Å². The van der Waals surface area contributed by atoms with E-state index in [1.165, 1.54) is 6.92 Å². The van der Waals surface area contributed by atoms with E-state index in [2.05, 4.69) is 6.58 Å². The molecule has 82 valence electrons. The Hall–Kier alpha value is -1.32. The van der Waals surface area contributed by atoms with Crippen molar-refractivity contribution in [3.63, 3.8) is 0 Å². The van der Waals surface area contributed by atoms with Crippen LogP contribution >= 0.6 is 0 Å². The summed E-state index contributed by atoms with van der Waals surface area (Å²) in [4.78, 5) is 23.2. The highest BCUT2D eigenvalue weighted by Crippen LogP contribution is 2.42. The molecule has 1 aliphatic carbocycles. The Kier molecular flexibility index (Phi) is 2.29. The second kappa shape index (κ2) is 3.36. The molecule has 0 amide bonds. The number of hydrogen-bond donors (Lipinski definition) is 0. The average molecular weight is 210 g/mol. The first-order valence-corrected chi connectivity index (χ1v) is 5.16. The molecule has 4 heteroatoms. The van der Waals surface area contributed by atoms with Crippen LogP contribution < -0.4 is 0 Å². The third-order valence-electron chi connectivity index (χ3n) is 3.19. The van der Waals surface area contributed by atoms with Crippen LogP contribution in [-0.2, 0) is 19.1 Å². The minimum absolute atomic E-state index is 0.110. The summed E-state index contributed by atoms with van der Waals surface area (Å²) in [5.41, 5.74) is -1.08. The number of cyclic esters (lactones) is 1. The van der Waals surface area contributed by atoms with Gasteiger partial charge in [0.25, 0.3) is 0 Å². The van der Waals surface area contributed by atoms with Crippen LogP contribution in [0.1, 0.15) is 26.2 Å². The predicted octanol–water partition coefficient (Wildman–Crippen LogP) is 1.20. The molecule has 0 aromatic carbocycles. The fraction of sp³-hybridized carbons (Fsp3) is 0.636. The summed E-state index contributed by atoms with van der Waals surface area (Å²) >= 11 is 0. The molecule has 1 aliphatic heterocycles. The second-order valence-electron chi connectivity index (χ2n) is 4.09. The Bertz CT molecular complexity index is 323. The lowest BCUT2D eigenvalue weighted by Crippen LogP contribution is -2.54. The number of rotatable bonds is 1. The first-order valence-electron chi connectivity index (χ1n) is 5.16. The zero-order chi connectivity index (χ0) is 11.1. The van der Waals surface area contributed by atoms with Crippen molar-refractivity contribution in [3.8, 4) is 0 Å². The molecule has 2 rings (SSSR count). The maximum Gasteiger partial charge on any atom is 0.352 e. The quantitative estimate of drug-likeness (QED) is 0.482. The van der Waals surface area contributed by atoms with Gasteiger partial charge in [0.1, 0.15) is 0 Å². The van der Waals surface area contributed by atoms with Crippen LogP contribution in [0.15, 0.2) is 12.7 Å². The van der Waals surface area contributed by atoms with Gasteiger partial charge >= 0.3 is 11.9 Å². The maximum atomic E-state index is 11.8. The standard InChI is InChI=1S/C11H14O4/c1-3-8-5-4-6-11(8)10(13)14-7(2)9(12)15-11/h3,7-8H,1,4-6H2,2H3. The summed E-state index contributed by atoms with van der Waals surface area (Å²) in [6, 6.07) is 0. The van der Waals surface area contributed by atoms with Gasteiger partial charge < -0.3 is 9.47 Å². The molecule has 2 fully saturated rings. The molecule has 15 heavy (non-hydrogen) atoms. The first kappa shape index (κ1) is 10.2. The summed E-state index contributed by atoms with van der Waals surface area (Å²) in [5.74, 6) is -0.984. The van der Waals surface area contributed by atoms with Crippen LogP contribution in [-0.4, -0.2) is 23.6 Å². The monoisotopic (exact) mass is 210 g/mol. The van der Waals surface area contributed by atoms with Crippen LogP contribution in [0.25, 0.3) is 0 Å². The van der Waals surface area contributed by atoms with Gasteiger partial charge in [0.15, 0.2) is 6.10 Å². The van der Waals surface area contributed by atoms with Crippen molar-refractivity contribution in [2.24, 2.45) is 5.92 Å². The van der Waals surface area contributed by atoms with Gasteiger partial charge in [-0.2, -0.15) is 0 Å². The summed E-state index contributed by atoms with van der Waals surface area (Å²) in [6.45, 7) is 5.19. The molecule has 2 aliphatic rings. The molecule has 3 unspecified atom stereocenters. The van der Waals surface area contributed by atoms with Gasteiger partial charge in [-0.15, -0.1) is 6.58 Å². The van der Waals surface area contributed by atoms with Gasteiger partial charge in [-0.05, 0) is 26.2 Å².